The SMILES string of the molecule is CC(C)C(O)CC(C)C(Br)Br. The summed E-state index contributed by atoms with van der Waals surface area (Å²) in [5.74, 6) is 0.823. The average molecular weight is 288 g/mol. The Morgan fingerprint density at radius 1 is 1.18 bits per heavy atom. The van der Waals surface area contributed by atoms with Gasteiger partial charge in [-0.1, -0.05) is 52.6 Å². The lowest BCUT2D eigenvalue weighted by molar-refractivity contribution is 0.103. The quantitative estimate of drug-likeness (QED) is 0.788. The molecule has 0 fully saturated rings. The Morgan fingerprint density at radius 2 is 1.64 bits per heavy atom. The van der Waals surface area contributed by atoms with E-state index in [9.17, 15) is 5.11 Å². The van der Waals surface area contributed by atoms with Crippen molar-refractivity contribution >= 4 is 31.9 Å². The van der Waals surface area contributed by atoms with Crippen molar-refractivity contribution in [2.24, 2.45) is 11.8 Å². The standard InChI is InChI=1S/C8H16Br2O/c1-5(2)7(11)4-6(3)8(9)10/h5-8,11H,4H2,1-3H3. The van der Waals surface area contributed by atoms with Crippen LogP contribution in [0.3, 0.4) is 0 Å². The van der Waals surface area contributed by atoms with Crippen molar-refractivity contribution in [3.05, 3.63) is 0 Å². The molecule has 0 bridgehead atoms. The summed E-state index contributed by atoms with van der Waals surface area (Å²) in [6.07, 6.45) is 0.668. The van der Waals surface area contributed by atoms with E-state index in [0.29, 0.717) is 15.6 Å². The third-order valence-electron chi connectivity index (χ3n) is 1.81. The smallest absolute Gasteiger partial charge is 0.0724 e. The molecule has 0 aliphatic rings. The highest BCUT2D eigenvalue weighted by Crippen LogP contribution is 2.24. The number of aliphatic hydroxyl groups is 1. The topological polar surface area (TPSA) is 20.2 Å². The minimum absolute atomic E-state index is 0.178. The molecule has 1 N–H and O–H groups in total. The van der Waals surface area contributed by atoms with Crippen LogP contribution in [-0.4, -0.2) is 14.9 Å². The van der Waals surface area contributed by atoms with Crippen LogP contribution in [0, 0.1) is 11.8 Å². The number of alkyl halides is 2. The molecule has 2 atom stereocenters. The first-order chi connectivity index (χ1) is 4.95. The van der Waals surface area contributed by atoms with E-state index in [2.05, 4.69) is 38.8 Å². The second kappa shape index (κ2) is 5.55. The molecule has 2 unspecified atom stereocenters. The van der Waals surface area contributed by atoms with E-state index in [4.69, 9.17) is 0 Å². The van der Waals surface area contributed by atoms with Gasteiger partial charge < -0.3 is 5.11 Å². The van der Waals surface area contributed by atoms with Gasteiger partial charge in [0, 0.05) is 0 Å². The van der Waals surface area contributed by atoms with E-state index in [-0.39, 0.29) is 6.10 Å². The monoisotopic (exact) mass is 286 g/mol. The molecule has 0 aliphatic carbocycles. The van der Waals surface area contributed by atoms with Crippen molar-refractivity contribution in [1.29, 1.82) is 0 Å². The molecule has 0 saturated heterocycles. The van der Waals surface area contributed by atoms with Gasteiger partial charge in [-0.25, -0.2) is 0 Å². The summed E-state index contributed by atoms with van der Waals surface area (Å²) in [5, 5.41) is 9.50. The van der Waals surface area contributed by atoms with Crippen LogP contribution in [0.15, 0.2) is 0 Å². The fraction of sp³-hybridized carbons (Fsp3) is 1.00. The second-order valence-corrected chi connectivity index (χ2v) is 6.56. The van der Waals surface area contributed by atoms with Gasteiger partial charge in [-0.2, -0.15) is 0 Å². The van der Waals surface area contributed by atoms with E-state index in [0.717, 1.165) is 6.42 Å². The lowest BCUT2D eigenvalue weighted by atomic mass is 9.98. The minimum Gasteiger partial charge on any atom is -0.393 e. The van der Waals surface area contributed by atoms with E-state index < -0.39 is 0 Å². The molecule has 0 rings (SSSR count). The molecule has 0 radical (unpaired) electrons. The average Bonchev–Trinajstić information content (AvgIpc) is 1.87. The normalized spacial score (nSPS) is 17.5. The predicted octanol–water partition coefficient (Wildman–Crippen LogP) is 3.15. The summed E-state index contributed by atoms with van der Waals surface area (Å²) in [6, 6.07) is 0. The first-order valence-corrected chi connectivity index (χ1v) is 5.74. The van der Waals surface area contributed by atoms with E-state index in [1.165, 1.54) is 0 Å². The maximum atomic E-state index is 9.50. The maximum Gasteiger partial charge on any atom is 0.0724 e. The van der Waals surface area contributed by atoms with Crippen molar-refractivity contribution in [2.75, 3.05) is 0 Å². The van der Waals surface area contributed by atoms with Crippen molar-refractivity contribution in [2.45, 2.75) is 37.0 Å². The number of hydrogen-bond donors (Lipinski definition) is 1. The molecule has 68 valence electrons. The van der Waals surface area contributed by atoms with Gasteiger partial charge in [0.2, 0.25) is 0 Å². The second-order valence-electron chi connectivity index (χ2n) is 3.36. The molecule has 0 saturated carbocycles. The van der Waals surface area contributed by atoms with Crippen LogP contribution in [0.5, 0.6) is 0 Å². The van der Waals surface area contributed by atoms with Gasteiger partial charge in [0.1, 0.15) is 0 Å². The van der Waals surface area contributed by atoms with Gasteiger partial charge in [-0.05, 0) is 18.3 Å². The van der Waals surface area contributed by atoms with Gasteiger partial charge in [0.15, 0.2) is 0 Å². The van der Waals surface area contributed by atoms with Crippen LogP contribution in [0.4, 0.5) is 0 Å². The molecule has 0 aliphatic heterocycles. The van der Waals surface area contributed by atoms with Crippen LogP contribution < -0.4 is 0 Å². The Hall–Kier alpha value is 0.920. The van der Waals surface area contributed by atoms with Gasteiger partial charge >= 0.3 is 0 Å². The number of hydrogen-bond acceptors (Lipinski definition) is 1. The fourth-order valence-corrected chi connectivity index (χ4v) is 1.19. The van der Waals surface area contributed by atoms with Crippen LogP contribution in [-0.2, 0) is 0 Å². The molecule has 0 spiro atoms. The first-order valence-electron chi connectivity index (χ1n) is 3.91. The fourth-order valence-electron chi connectivity index (χ4n) is 0.756. The molecule has 0 aromatic rings. The van der Waals surface area contributed by atoms with Crippen molar-refractivity contribution in [1.82, 2.24) is 0 Å². The lowest BCUT2D eigenvalue weighted by Gasteiger charge is -2.19. The van der Waals surface area contributed by atoms with Crippen molar-refractivity contribution in [3.63, 3.8) is 0 Å². The highest BCUT2D eigenvalue weighted by Gasteiger charge is 2.17. The van der Waals surface area contributed by atoms with Crippen molar-refractivity contribution in [3.8, 4) is 0 Å². The molecule has 0 aromatic heterocycles. The molecule has 1 nitrogen and oxygen atoms in total. The maximum absolute atomic E-state index is 9.50. The number of halogens is 2. The molecule has 3 heteroatoms. The summed E-state index contributed by atoms with van der Waals surface area (Å²) < 4.78 is 0.309. The van der Waals surface area contributed by atoms with Crippen LogP contribution in [0.25, 0.3) is 0 Å². The molecular weight excluding hydrogens is 272 g/mol. The Labute approximate surface area is 85.8 Å². The molecule has 0 aromatic carbocycles. The molecule has 11 heavy (non-hydrogen) atoms. The summed E-state index contributed by atoms with van der Waals surface area (Å²) in [6.45, 7) is 6.18. The Bertz CT molecular complexity index is 92.3. The Kier molecular flexibility index (Phi) is 6.01. The third-order valence-corrected chi connectivity index (χ3v) is 3.62. The summed E-state index contributed by atoms with van der Waals surface area (Å²) in [7, 11) is 0. The highest BCUT2D eigenvalue weighted by atomic mass is 79.9. The van der Waals surface area contributed by atoms with Gasteiger partial charge in [-0.3, -0.25) is 0 Å². The third kappa shape index (κ3) is 5.21. The van der Waals surface area contributed by atoms with E-state index in [1.54, 1.807) is 0 Å². The highest BCUT2D eigenvalue weighted by molar-refractivity contribution is 9.24. The molecule has 0 amide bonds. The zero-order chi connectivity index (χ0) is 9.02. The van der Waals surface area contributed by atoms with E-state index >= 15 is 0 Å². The lowest BCUT2D eigenvalue weighted by Crippen LogP contribution is -2.20. The van der Waals surface area contributed by atoms with E-state index in [1.807, 2.05) is 13.8 Å². The van der Waals surface area contributed by atoms with Crippen LogP contribution >= 0.6 is 31.9 Å². The summed E-state index contributed by atoms with van der Waals surface area (Å²) in [5.41, 5.74) is 0. The Morgan fingerprint density at radius 3 is 1.91 bits per heavy atom. The number of rotatable bonds is 4. The number of aliphatic hydroxyl groups excluding tert-OH is 1. The largest absolute Gasteiger partial charge is 0.393 e. The van der Waals surface area contributed by atoms with Crippen LogP contribution in [0.1, 0.15) is 27.2 Å². The minimum atomic E-state index is -0.178. The zero-order valence-corrected chi connectivity index (χ0v) is 10.4. The van der Waals surface area contributed by atoms with Gasteiger partial charge in [0.05, 0.1) is 9.84 Å². The zero-order valence-electron chi connectivity index (χ0n) is 7.22. The van der Waals surface area contributed by atoms with Crippen molar-refractivity contribution < 1.29 is 5.11 Å². The molecule has 0 heterocycles. The van der Waals surface area contributed by atoms with Crippen LogP contribution in [0.2, 0.25) is 0 Å². The summed E-state index contributed by atoms with van der Waals surface area (Å²) in [4.78, 5) is 0. The first kappa shape index (κ1) is 11.9. The molecular formula is C8H16Br2O. The Balaban J connectivity index is 3.66. The predicted molar refractivity (Wildman–Crippen MR) is 56.3 cm³/mol. The van der Waals surface area contributed by atoms with Gasteiger partial charge in [-0.15, -0.1) is 0 Å². The summed E-state index contributed by atoms with van der Waals surface area (Å²) >= 11 is 6.85. The van der Waals surface area contributed by atoms with Gasteiger partial charge in [0.25, 0.3) is 0 Å².